The van der Waals surface area contributed by atoms with Crippen molar-refractivity contribution in [3.63, 3.8) is 0 Å². The molecule has 0 spiro atoms. The van der Waals surface area contributed by atoms with Crippen LogP contribution in [0.4, 0.5) is 4.39 Å². The third-order valence-electron chi connectivity index (χ3n) is 1.67. The van der Waals surface area contributed by atoms with Crippen LogP contribution < -0.4 is 0 Å². The summed E-state index contributed by atoms with van der Waals surface area (Å²) in [7, 11) is 0. The van der Waals surface area contributed by atoms with Crippen molar-refractivity contribution in [3.05, 3.63) is 33.5 Å². The van der Waals surface area contributed by atoms with Crippen molar-refractivity contribution in [2.24, 2.45) is 0 Å². The van der Waals surface area contributed by atoms with E-state index < -0.39 is 5.82 Å². The van der Waals surface area contributed by atoms with Crippen molar-refractivity contribution in [1.82, 2.24) is 0 Å². The van der Waals surface area contributed by atoms with E-state index in [0.717, 1.165) is 16.5 Å². The average molecular weight is 231 g/mol. The molecule has 0 atom stereocenters. The van der Waals surface area contributed by atoms with Gasteiger partial charge in [-0.3, -0.25) is 4.79 Å². The van der Waals surface area contributed by atoms with Crippen molar-refractivity contribution in [1.29, 1.82) is 0 Å². The van der Waals surface area contributed by atoms with Gasteiger partial charge in [0.2, 0.25) is 0 Å². The van der Waals surface area contributed by atoms with E-state index in [4.69, 9.17) is 0 Å². The number of carbonyl (C=O) groups excluding carboxylic acids is 1. The van der Waals surface area contributed by atoms with Gasteiger partial charge in [0.1, 0.15) is 5.82 Å². The molecule has 0 bridgehead atoms. The van der Waals surface area contributed by atoms with Crippen LogP contribution in [0.2, 0.25) is 0 Å². The van der Waals surface area contributed by atoms with Crippen LogP contribution in [0, 0.1) is 5.82 Å². The second-order valence-corrected chi connectivity index (χ2v) is 3.29. The zero-order valence-corrected chi connectivity index (χ0v) is 8.19. The van der Waals surface area contributed by atoms with Crippen LogP contribution >= 0.6 is 15.9 Å². The first kappa shape index (κ1) is 9.39. The third kappa shape index (κ3) is 1.72. The number of aldehydes is 1. The quantitative estimate of drug-likeness (QED) is 0.715. The Bertz CT molecular complexity index is 310. The van der Waals surface area contributed by atoms with Gasteiger partial charge in [0, 0.05) is 4.47 Å². The number of hydrogen-bond donors (Lipinski definition) is 0. The van der Waals surface area contributed by atoms with E-state index in [-0.39, 0.29) is 5.56 Å². The number of halogens is 2. The van der Waals surface area contributed by atoms with Crippen LogP contribution in [-0.2, 0) is 6.42 Å². The fourth-order valence-electron chi connectivity index (χ4n) is 0.965. The van der Waals surface area contributed by atoms with Crippen LogP contribution in [0.1, 0.15) is 22.8 Å². The van der Waals surface area contributed by atoms with Crippen molar-refractivity contribution in [2.45, 2.75) is 13.3 Å². The van der Waals surface area contributed by atoms with Crippen molar-refractivity contribution < 1.29 is 9.18 Å². The van der Waals surface area contributed by atoms with Gasteiger partial charge in [-0.15, -0.1) is 0 Å². The lowest BCUT2D eigenvalue weighted by Gasteiger charge is -2.02. The van der Waals surface area contributed by atoms with Crippen molar-refractivity contribution >= 4 is 22.2 Å². The molecule has 0 N–H and O–H groups in total. The molecule has 0 heterocycles. The monoisotopic (exact) mass is 230 g/mol. The highest BCUT2D eigenvalue weighted by Gasteiger charge is 2.05. The summed E-state index contributed by atoms with van der Waals surface area (Å²) in [6, 6.07) is 2.88. The van der Waals surface area contributed by atoms with Gasteiger partial charge in [-0.2, -0.15) is 0 Å². The molecule has 0 aliphatic rings. The molecule has 1 aromatic rings. The zero-order valence-electron chi connectivity index (χ0n) is 6.60. The van der Waals surface area contributed by atoms with Gasteiger partial charge >= 0.3 is 0 Å². The Morgan fingerprint density at radius 2 is 2.25 bits per heavy atom. The second-order valence-electron chi connectivity index (χ2n) is 2.44. The van der Waals surface area contributed by atoms with Gasteiger partial charge in [-0.1, -0.05) is 22.9 Å². The Hall–Kier alpha value is -0.700. The first-order valence-electron chi connectivity index (χ1n) is 3.62. The van der Waals surface area contributed by atoms with Crippen LogP contribution in [-0.4, -0.2) is 6.29 Å². The Morgan fingerprint density at radius 3 is 2.75 bits per heavy atom. The summed E-state index contributed by atoms with van der Waals surface area (Å²) in [6.45, 7) is 1.93. The molecule has 0 radical (unpaired) electrons. The molecule has 12 heavy (non-hydrogen) atoms. The fourth-order valence-corrected chi connectivity index (χ4v) is 1.61. The van der Waals surface area contributed by atoms with E-state index in [1.807, 2.05) is 6.92 Å². The minimum atomic E-state index is -0.454. The minimum Gasteiger partial charge on any atom is -0.298 e. The predicted molar refractivity (Wildman–Crippen MR) is 48.9 cm³/mol. The van der Waals surface area contributed by atoms with E-state index in [1.165, 1.54) is 12.1 Å². The van der Waals surface area contributed by atoms with Gasteiger partial charge in [0.05, 0.1) is 5.56 Å². The summed E-state index contributed by atoms with van der Waals surface area (Å²) in [6.07, 6.45) is 1.26. The topological polar surface area (TPSA) is 17.1 Å². The highest BCUT2D eigenvalue weighted by Crippen LogP contribution is 2.20. The smallest absolute Gasteiger partial charge is 0.153 e. The Balaban J connectivity index is 3.25. The van der Waals surface area contributed by atoms with E-state index in [9.17, 15) is 9.18 Å². The molecule has 0 aliphatic heterocycles. The third-order valence-corrected chi connectivity index (χ3v) is 2.41. The maximum absolute atomic E-state index is 13.0. The fraction of sp³-hybridized carbons (Fsp3) is 0.222. The molecule has 64 valence electrons. The van der Waals surface area contributed by atoms with E-state index >= 15 is 0 Å². The van der Waals surface area contributed by atoms with Gasteiger partial charge in [0.25, 0.3) is 0 Å². The van der Waals surface area contributed by atoms with Crippen molar-refractivity contribution in [2.75, 3.05) is 0 Å². The summed E-state index contributed by atoms with van der Waals surface area (Å²) in [5.41, 5.74) is 0.970. The minimum absolute atomic E-state index is 0.0964. The lowest BCUT2D eigenvalue weighted by molar-refractivity contribution is 0.111. The molecule has 0 saturated carbocycles. The zero-order chi connectivity index (χ0) is 9.14. The van der Waals surface area contributed by atoms with Crippen LogP contribution in [0.3, 0.4) is 0 Å². The first-order chi connectivity index (χ1) is 5.69. The maximum atomic E-state index is 13.0. The van der Waals surface area contributed by atoms with E-state index in [0.29, 0.717) is 6.29 Å². The molecule has 1 rings (SSSR count). The average Bonchev–Trinajstić information content (AvgIpc) is 2.08. The lowest BCUT2D eigenvalue weighted by atomic mass is 10.1. The second kappa shape index (κ2) is 3.81. The van der Waals surface area contributed by atoms with Crippen molar-refractivity contribution in [3.8, 4) is 0 Å². The summed E-state index contributed by atoms with van der Waals surface area (Å²) < 4.78 is 13.8. The standard InChI is InChI=1S/C9H8BrFO/c1-2-6-4-9(11)7(5-12)3-8(6)10/h3-5H,2H2,1H3. The van der Waals surface area contributed by atoms with Gasteiger partial charge in [0.15, 0.2) is 6.29 Å². The molecule has 1 aromatic carbocycles. The molecule has 0 unspecified atom stereocenters. The molecular formula is C9H8BrFO. The molecule has 0 fully saturated rings. The van der Waals surface area contributed by atoms with Crippen LogP contribution in [0.5, 0.6) is 0 Å². The molecule has 1 nitrogen and oxygen atoms in total. The maximum Gasteiger partial charge on any atom is 0.153 e. The van der Waals surface area contributed by atoms with Gasteiger partial charge in [-0.05, 0) is 24.1 Å². The van der Waals surface area contributed by atoms with Gasteiger partial charge in [-0.25, -0.2) is 4.39 Å². The molecule has 0 saturated heterocycles. The summed E-state index contributed by atoms with van der Waals surface area (Å²) in [4.78, 5) is 10.3. The number of aryl methyl sites for hydroxylation is 1. The summed E-state index contributed by atoms with van der Waals surface area (Å²) in [5, 5.41) is 0. The van der Waals surface area contributed by atoms with E-state index in [1.54, 1.807) is 0 Å². The Morgan fingerprint density at radius 1 is 1.58 bits per heavy atom. The Labute approximate surface area is 78.7 Å². The summed E-state index contributed by atoms with van der Waals surface area (Å²) >= 11 is 3.26. The van der Waals surface area contributed by atoms with Crippen LogP contribution in [0.15, 0.2) is 16.6 Å². The molecule has 0 aromatic heterocycles. The SMILES string of the molecule is CCc1cc(F)c(C=O)cc1Br. The lowest BCUT2D eigenvalue weighted by Crippen LogP contribution is -1.92. The molecule has 3 heteroatoms. The number of carbonyl (C=O) groups is 1. The number of rotatable bonds is 2. The molecule has 0 aliphatic carbocycles. The molecule has 0 amide bonds. The highest BCUT2D eigenvalue weighted by molar-refractivity contribution is 9.10. The van der Waals surface area contributed by atoms with E-state index in [2.05, 4.69) is 15.9 Å². The molecular weight excluding hydrogens is 223 g/mol. The largest absolute Gasteiger partial charge is 0.298 e. The normalized spacial score (nSPS) is 9.92. The highest BCUT2D eigenvalue weighted by atomic mass is 79.9. The van der Waals surface area contributed by atoms with Gasteiger partial charge < -0.3 is 0 Å². The van der Waals surface area contributed by atoms with Crippen LogP contribution in [0.25, 0.3) is 0 Å². The number of hydrogen-bond acceptors (Lipinski definition) is 1. The first-order valence-corrected chi connectivity index (χ1v) is 4.41. The summed E-state index contributed by atoms with van der Waals surface area (Å²) in [5.74, 6) is -0.454. The predicted octanol–water partition coefficient (Wildman–Crippen LogP) is 2.96. The number of benzene rings is 1. The Kier molecular flexibility index (Phi) is 2.98.